The van der Waals surface area contributed by atoms with E-state index in [0.717, 1.165) is 13.2 Å². The minimum absolute atomic E-state index is 0.925. The van der Waals surface area contributed by atoms with E-state index in [1.165, 1.54) is 11.1 Å². The summed E-state index contributed by atoms with van der Waals surface area (Å²) in [6.45, 7) is 4.05. The molecule has 0 aliphatic heterocycles. The maximum atomic E-state index is 3.13. The van der Waals surface area contributed by atoms with Crippen LogP contribution in [0.1, 0.15) is 11.1 Å². The number of aryl methyl sites for hydroxylation is 1. The van der Waals surface area contributed by atoms with Crippen LogP contribution in [0, 0.1) is 6.92 Å². The number of benzene rings is 1. The maximum Gasteiger partial charge on any atom is 0.0478 e. The Morgan fingerprint density at radius 1 is 1.38 bits per heavy atom. The molecule has 0 amide bonds. The van der Waals surface area contributed by atoms with E-state index in [1.807, 2.05) is 7.05 Å². The number of hydrogen-bond acceptors (Lipinski definition) is 2. The van der Waals surface area contributed by atoms with Crippen LogP contribution in [0.25, 0.3) is 0 Å². The van der Waals surface area contributed by atoms with Gasteiger partial charge in [-0.05, 0) is 26.6 Å². The molecule has 13 heavy (non-hydrogen) atoms. The molecule has 0 aliphatic carbocycles. The first kappa shape index (κ1) is 10.2. The second-order valence-electron chi connectivity index (χ2n) is 3.51. The standard InChI is InChI=1S/C11H18N2/c1-10-5-4-6-11(7-10)8-13(3)9-12-2/h4-7,12H,8-9H2,1-3H3. The number of nitrogens with zero attached hydrogens (tertiary/aromatic N) is 1. The Labute approximate surface area is 80.6 Å². The molecule has 0 radical (unpaired) electrons. The van der Waals surface area contributed by atoms with Crippen LogP contribution in [0.2, 0.25) is 0 Å². The van der Waals surface area contributed by atoms with E-state index in [-0.39, 0.29) is 0 Å². The third-order valence-electron chi connectivity index (χ3n) is 1.96. The lowest BCUT2D eigenvalue weighted by molar-refractivity contribution is 0.310. The van der Waals surface area contributed by atoms with Gasteiger partial charge in [-0.3, -0.25) is 4.90 Å². The molecule has 1 rings (SSSR count). The normalized spacial score (nSPS) is 10.8. The van der Waals surface area contributed by atoms with Gasteiger partial charge in [-0.15, -0.1) is 0 Å². The predicted octanol–water partition coefficient (Wildman–Crippen LogP) is 1.60. The highest BCUT2D eigenvalue weighted by Crippen LogP contribution is 2.05. The van der Waals surface area contributed by atoms with Gasteiger partial charge in [0.25, 0.3) is 0 Å². The van der Waals surface area contributed by atoms with Crippen LogP contribution < -0.4 is 5.32 Å². The Balaban J connectivity index is 2.53. The molecule has 1 N–H and O–H groups in total. The van der Waals surface area contributed by atoms with E-state index >= 15 is 0 Å². The minimum atomic E-state index is 0.925. The third kappa shape index (κ3) is 3.57. The topological polar surface area (TPSA) is 15.3 Å². The zero-order valence-electron chi connectivity index (χ0n) is 8.67. The summed E-state index contributed by atoms with van der Waals surface area (Å²) in [6.07, 6.45) is 0. The number of nitrogens with one attached hydrogen (secondary N) is 1. The van der Waals surface area contributed by atoms with E-state index in [1.54, 1.807) is 0 Å². The summed E-state index contributed by atoms with van der Waals surface area (Å²) in [5.74, 6) is 0. The minimum Gasteiger partial charge on any atom is -0.307 e. The monoisotopic (exact) mass is 178 g/mol. The van der Waals surface area contributed by atoms with Gasteiger partial charge in [0.05, 0.1) is 0 Å². The fraction of sp³-hybridized carbons (Fsp3) is 0.455. The van der Waals surface area contributed by atoms with Gasteiger partial charge in [-0.1, -0.05) is 29.8 Å². The van der Waals surface area contributed by atoms with Gasteiger partial charge >= 0.3 is 0 Å². The molecule has 0 bridgehead atoms. The van der Waals surface area contributed by atoms with Crippen molar-refractivity contribution >= 4 is 0 Å². The molecule has 2 heteroatoms. The lowest BCUT2D eigenvalue weighted by Gasteiger charge is -2.15. The molecular formula is C11H18N2. The van der Waals surface area contributed by atoms with Crippen molar-refractivity contribution in [3.63, 3.8) is 0 Å². The van der Waals surface area contributed by atoms with Gasteiger partial charge in [-0.25, -0.2) is 0 Å². The van der Waals surface area contributed by atoms with Crippen molar-refractivity contribution in [2.24, 2.45) is 0 Å². The second-order valence-corrected chi connectivity index (χ2v) is 3.51. The zero-order valence-corrected chi connectivity index (χ0v) is 8.67. The van der Waals surface area contributed by atoms with Crippen LogP contribution in [0.4, 0.5) is 0 Å². The van der Waals surface area contributed by atoms with Crippen molar-refractivity contribution < 1.29 is 0 Å². The average molecular weight is 178 g/mol. The third-order valence-corrected chi connectivity index (χ3v) is 1.96. The van der Waals surface area contributed by atoms with Crippen LogP contribution in [-0.4, -0.2) is 25.7 Å². The fourth-order valence-electron chi connectivity index (χ4n) is 1.45. The fourth-order valence-corrected chi connectivity index (χ4v) is 1.45. The quantitative estimate of drug-likeness (QED) is 0.705. The number of hydrogen-bond donors (Lipinski definition) is 1. The largest absolute Gasteiger partial charge is 0.307 e. The summed E-state index contributed by atoms with van der Waals surface area (Å²) >= 11 is 0. The van der Waals surface area contributed by atoms with Gasteiger partial charge in [0.1, 0.15) is 0 Å². The van der Waals surface area contributed by atoms with Crippen molar-refractivity contribution in [3.8, 4) is 0 Å². The average Bonchev–Trinajstić information content (AvgIpc) is 2.04. The van der Waals surface area contributed by atoms with Crippen molar-refractivity contribution in [1.82, 2.24) is 10.2 Å². The summed E-state index contributed by atoms with van der Waals surface area (Å²) < 4.78 is 0. The molecule has 0 aromatic heterocycles. The van der Waals surface area contributed by atoms with Crippen molar-refractivity contribution in [2.75, 3.05) is 20.8 Å². The van der Waals surface area contributed by atoms with Crippen LogP contribution in [-0.2, 0) is 6.54 Å². The molecule has 0 saturated heterocycles. The first-order valence-corrected chi connectivity index (χ1v) is 4.61. The van der Waals surface area contributed by atoms with Crippen LogP contribution in [0.15, 0.2) is 24.3 Å². The summed E-state index contributed by atoms with van der Waals surface area (Å²) in [5, 5.41) is 3.13. The van der Waals surface area contributed by atoms with Gasteiger partial charge in [0, 0.05) is 13.2 Å². The molecule has 1 aromatic rings. The first-order chi connectivity index (χ1) is 6.22. The Morgan fingerprint density at radius 3 is 2.77 bits per heavy atom. The molecule has 0 aliphatic rings. The lowest BCUT2D eigenvalue weighted by Crippen LogP contribution is -2.27. The molecule has 1 aromatic carbocycles. The Hall–Kier alpha value is -0.860. The molecule has 2 nitrogen and oxygen atoms in total. The molecule has 0 spiro atoms. The Bertz CT molecular complexity index is 258. The molecule has 72 valence electrons. The maximum absolute atomic E-state index is 3.13. The molecule has 0 saturated carbocycles. The summed E-state index contributed by atoms with van der Waals surface area (Å²) in [6, 6.07) is 8.63. The van der Waals surface area contributed by atoms with Gasteiger partial charge in [-0.2, -0.15) is 0 Å². The SMILES string of the molecule is CNCN(C)Cc1cccc(C)c1. The molecule has 0 unspecified atom stereocenters. The summed E-state index contributed by atoms with van der Waals surface area (Å²) in [4.78, 5) is 2.24. The van der Waals surface area contributed by atoms with E-state index < -0.39 is 0 Å². The van der Waals surface area contributed by atoms with E-state index in [0.29, 0.717) is 0 Å². The van der Waals surface area contributed by atoms with Gasteiger partial charge in [0.15, 0.2) is 0 Å². The predicted molar refractivity (Wildman–Crippen MR) is 56.6 cm³/mol. The van der Waals surface area contributed by atoms with Crippen molar-refractivity contribution in [2.45, 2.75) is 13.5 Å². The number of rotatable bonds is 4. The van der Waals surface area contributed by atoms with E-state index in [4.69, 9.17) is 0 Å². The summed E-state index contributed by atoms with van der Waals surface area (Å²) in [5.41, 5.74) is 2.70. The molecule has 0 heterocycles. The second kappa shape index (κ2) is 5.00. The first-order valence-electron chi connectivity index (χ1n) is 4.61. The van der Waals surface area contributed by atoms with E-state index in [2.05, 4.69) is 48.5 Å². The van der Waals surface area contributed by atoms with Crippen LogP contribution in [0.5, 0.6) is 0 Å². The van der Waals surface area contributed by atoms with Crippen LogP contribution >= 0.6 is 0 Å². The Kier molecular flexibility index (Phi) is 3.93. The highest BCUT2D eigenvalue weighted by atomic mass is 15.2. The molecule has 0 fully saturated rings. The molecular weight excluding hydrogens is 160 g/mol. The highest BCUT2D eigenvalue weighted by Gasteiger charge is 1.97. The van der Waals surface area contributed by atoms with Gasteiger partial charge in [0.2, 0.25) is 0 Å². The van der Waals surface area contributed by atoms with Crippen molar-refractivity contribution in [1.29, 1.82) is 0 Å². The zero-order chi connectivity index (χ0) is 9.68. The summed E-state index contributed by atoms with van der Waals surface area (Å²) in [7, 11) is 4.07. The van der Waals surface area contributed by atoms with Gasteiger partial charge < -0.3 is 5.32 Å². The smallest absolute Gasteiger partial charge is 0.0478 e. The van der Waals surface area contributed by atoms with Crippen LogP contribution in [0.3, 0.4) is 0 Å². The van der Waals surface area contributed by atoms with E-state index in [9.17, 15) is 0 Å². The lowest BCUT2D eigenvalue weighted by atomic mass is 10.1. The van der Waals surface area contributed by atoms with Crippen molar-refractivity contribution in [3.05, 3.63) is 35.4 Å². The molecule has 0 atom stereocenters. The highest BCUT2D eigenvalue weighted by molar-refractivity contribution is 5.21. The Morgan fingerprint density at radius 2 is 2.15 bits per heavy atom.